The predicted molar refractivity (Wildman–Crippen MR) is 87.0 cm³/mol. The first-order chi connectivity index (χ1) is 8.81. The van der Waals surface area contributed by atoms with Crippen molar-refractivity contribution in [2.45, 2.75) is 4.21 Å². The first-order valence-electron chi connectivity index (χ1n) is 4.73. The number of anilines is 1. The highest BCUT2D eigenvalue weighted by Gasteiger charge is 2.20. The van der Waals surface area contributed by atoms with Crippen molar-refractivity contribution in [3.63, 3.8) is 0 Å². The summed E-state index contributed by atoms with van der Waals surface area (Å²) in [5.41, 5.74) is 0.196. The van der Waals surface area contributed by atoms with Crippen molar-refractivity contribution in [1.29, 1.82) is 0 Å². The Morgan fingerprint density at radius 3 is 2.68 bits per heavy atom. The first kappa shape index (κ1) is 15.5. The molecule has 0 aliphatic heterocycles. The molecule has 1 aromatic carbocycles. The third-order valence-electron chi connectivity index (χ3n) is 2.08. The van der Waals surface area contributed by atoms with Gasteiger partial charge in [-0.25, -0.2) is 12.8 Å². The monoisotopic (exact) mass is 495 g/mol. The highest BCUT2D eigenvalue weighted by atomic mass is 127. The zero-order valence-corrected chi connectivity index (χ0v) is 15.1. The lowest BCUT2D eigenvalue weighted by Crippen LogP contribution is -2.12. The number of sulfonamides is 1. The van der Waals surface area contributed by atoms with Gasteiger partial charge in [-0.05, 0) is 56.7 Å². The van der Waals surface area contributed by atoms with Crippen LogP contribution in [0.5, 0.6) is 0 Å². The molecule has 0 amide bonds. The molecule has 9 heteroatoms. The van der Waals surface area contributed by atoms with E-state index in [0.29, 0.717) is 8.81 Å². The third-order valence-corrected chi connectivity index (χ3v) is 7.49. The van der Waals surface area contributed by atoms with E-state index >= 15 is 0 Å². The van der Waals surface area contributed by atoms with E-state index in [1.165, 1.54) is 24.3 Å². The molecule has 0 saturated carbocycles. The van der Waals surface area contributed by atoms with E-state index in [1.54, 1.807) is 22.6 Å². The normalized spacial score (nSPS) is 11.6. The lowest BCUT2D eigenvalue weighted by atomic mass is 10.3. The maximum Gasteiger partial charge on any atom is 0.271 e. The van der Waals surface area contributed by atoms with Gasteiger partial charge >= 0.3 is 0 Å². The van der Waals surface area contributed by atoms with Gasteiger partial charge in [0.2, 0.25) is 0 Å². The zero-order valence-electron chi connectivity index (χ0n) is 8.95. The van der Waals surface area contributed by atoms with Gasteiger partial charge in [0.25, 0.3) is 10.0 Å². The molecule has 0 spiro atoms. The van der Waals surface area contributed by atoms with Crippen molar-refractivity contribution in [3.05, 3.63) is 42.5 Å². The first-order valence-corrected chi connectivity index (χ1v) is 9.28. The van der Waals surface area contributed by atoms with Gasteiger partial charge in [-0.15, -0.1) is 11.3 Å². The molecular formula is C10H5BrClFINO2S2. The summed E-state index contributed by atoms with van der Waals surface area (Å²) in [5, 5.41) is 0.319. The molecule has 3 nitrogen and oxygen atoms in total. The Kier molecular flexibility index (Phi) is 4.76. The van der Waals surface area contributed by atoms with E-state index in [9.17, 15) is 12.8 Å². The Balaban J connectivity index is 2.39. The van der Waals surface area contributed by atoms with Gasteiger partial charge in [-0.1, -0.05) is 17.7 Å². The summed E-state index contributed by atoms with van der Waals surface area (Å²) >= 11 is 11.7. The van der Waals surface area contributed by atoms with Crippen molar-refractivity contribution in [2.24, 2.45) is 0 Å². The Hall–Kier alpha value is 0.1000. The van der Waals surface area contributed by atoms with Crippen molar-refractivity contribution in [1.82, 2.24) is 0 Å². The number of thiophene rings is 1. The number of rotatable bonds is 3. The molecule has 2 aromatic rings. The van der Waals surface area contributed by atoms with Crippen LogP contribution >= 0.6 is 61.5 Å². The average Bonchev–Trinajstić information content (AvgIpc) is 2.66. The second-order valence-electron chi connectivity index (χ2n) is 3.39. The van der Waals surface area contributed by atoms with Gasteiger partial charge in [0.05, 0.1) is 18.1 Å². The van der Waals surface area contributed by atoms with Crippen molar-refractivity contribution in [3.8, 4) is 0 Å². The maximum atomic E-state index is 13.4. The lowest BCUT2D eigenvalue weighted by molar-refractivity contribution is 0.602. The number of halogens is 4. The summed E-state index contributed by atoms with van der Waals surface area (Å²) in [7, 11) is -3.77. The molecule has 0 aliphatic rings. The third kappa shape index (κ3) is 3.41. The Morgan fingerprint density at radius 1 is 1.42 bits per heavy atom. The van der Waals surface area contributed by atoms with Crippen LogP contribution in [0, 0.1) is 9.39 Å². The molecule has 19 heavy (non-hydrogen) atoms. The largest absolute Gasteiger partial charge is 0.278 e. The fourth-order valence-corrected chi connectivity index (χ4v) is 5.38. The van der Waals surface area contributed by atoms with Gasteiger partial charge in [0.15, 0.2) is 0 Å². The summed E-state index contributed by atoms with van der Waals surface area (Å²) < 4.78 is 40.8. The molecule has 102 valence electrons. The molecule has 1 heterocycles. The molecule has 0 radical (unpaired) electrons. The predicted octanol–water partition coefficient (Wildman–Crippen LogP) is 4.71. The molecule has 0 unspecified atom stereocenters. The summed E-state index contributed by atoms with van der Waals surface area (Å²) in [5.74, 6) is -0.480. The molecule has 0 aliphatic carbocycles. The minimum atomic E-state index is -3.77. The van der Waals surface area contributed by atoms with Crippen LogP contribution in [0.1, 0.15) is 0 Å². The fraction of sp³-hybridized carbons (Fsp3) is 0. The topological polar surface area (TPSA) is 46.2 Å². The minimum absolute atomic E-state index is 0.0597. The maximum absolute atomic E-state index is 13.4. The van der Waals surface area contributed by atoms with Crippen LogP contribution < -0.4 is 4.72 Å². The van der Waals surface area contributed by atoms with Crippen LogP contribution in [0.25, 0.3) is 0 Å². The standard InChI is InChI=1S/C10H5BrClFINO2S2/c11-10-5(12)4-8(18-10)19(16,17)15-7-3-1-2-6(13)9(7)14/h1-4,15H. The number of nitrogens with one attached hydrogen (secondary N) is 1. The smallest absolute Gasteiger partial charge is 0.271 e. The minimum Gasteiger partial charge on any atom is -0.278 e. The van der Waals surface area contributed by atoms with E-state index < -0.39 is 15.8 Å². The van der Waals surface area contributed by atoms with Gasteiger partial charge in [0.1, 0.15) is 10.0 Å². The van der Waals surface area contributed by atoms with Crippen molar-refractivity contribution in [2.75, 3.05) is 4.72 Å². The highest BCUT2D eigenvalue weighted by molar-refractivity contribution is 14.1. The Morgan fingerprint density at radius 2 is 2.11 bits per heavy atom. The molecule has 1 N–H and O–H groups in total. The van der Waals surface area contributed by atoms with Crippen molar-refractivity contribution >= 4 is 77.2 Å². The summed E-state index contributed by atoms with van der Waals surface area (Å²) in [4.78, 5) is 0. The Bertz CT molecular complexity index is 716. The number of hydrogen-bond acceptors (Lipinski definition) is 3. The summed E-state index contributed by atoms with van der Waals surface area (Å²) in [6, 6.07) is 5.53. The molecule has 2 rings (SSSR count). The quantitative estimate of drug-likeness (QED) is 0.626. The highest BCUT2D eigenvalue weighted by Crippen LogP contribution is 2.35. The second-order valence-corrected chi connectivity index (χ2v) is 9.16. The van der Waals surface area contributed by atoms with E-state index in [-0.39, 0.29) is 13.5 Å². The van der Waals surface area contributed by atoms with Crippen LogP contribution in [0.4, 0.5) is 10.1 Å². The molecule has 0 fully saturated rings. The number of hydrogen-bond donors (Lipinski definition) is 1. The lowest BCUT2D eigenvalue weighted by Gasteiger charge is -2.08. The second kappa shape index (κ2) is 5.84. The fourth-order valence-electron chi connectivity index (χ4n) is 1.24. The van der Waals surface area contributed by atoms with Crippen LogP contribution in [-0.2, 0) is 10.0 Å². The van der Waals surface area contributed by atoms with Crippen LogP contribution in [-0.4, -0.2) is 8.42 Å². The summed E-state index contributed by atoms with van der Waals surface area (Å²) in [6.07, 6.45) is 0. The van der Waals surface area contributed by atoms with E-state index in [2.05, 4.69) is 20.7 Å². The molecule has 1 aromatic heterocycles. The SMILES string of the molecule is O=S(=O)(Nc1cccc(F)c1I)c1cc(Cl)c(Br)s1. The Labute approximate surface area is 140 Å². The van der Waals surface area contributed by atoms with Crippen LogP contribution in [0.15, 0.2) is 32.3 Å². The van der Waals surface area contributed by atoms with Gasteiger partial charge < -0.3 is 0 Å². The number of benzene rings is 1. The molecular weight excluding hydrogens is 492 g/mol. The molecule has 0 bridgehead atoms. The average molecular weight is 497 g/mol. The summed E-state index contributed by atoms with van der Waals surface area (Å²) in [6.45, 7) is 0. The molecule has 0 saturated heterocycles. The van der Waals surface area contributed by atoms with Crippen LogP contribution in [0.2, 0.25) is 5.02 Å². The van der Waals surface area contributed by atoms with E-state index in [4.69, 9.17) is 11.6 Å². The van der Waals surface area contributed by atoms with E-state index in [1.807, 2.05) is 0 Å². The van der Waals surface area contributed by atoms with Crippen LogP contribution in [0.3, 0.4) is 0 Å². The van der Waals surface area contributed by atoms with Gasteiger partial charge in [-0.3, -0.25) is 4.72 Å². The van der Waals surface area contributed by atoms with E-state index in [0.717, 1.165) is 11.3 Å². The van der Waals surface area contributed by atoms with Crippen molar-refractivity contribution < 1.29 is 12.8 Å². The zero-order chi connectivity index (χ0) is 14.2. The van der Waals surface area contributed by atoms with Gasteiger partial charge in [0, 0.05) is 0 Å². The molecule has 0 atom stereocenters. The van der Waals surface area contributed by atoms with Gasteiger partial charge in [-0.2, -0.15) is 0 Å².